The second-order valence-corrected chi connectivity index (χ2v) is 6.29. The van der Waals surface area contributed by atoms with Crippen LogP contribution < -0.4 is 0 Å². The molecule has 24 heavy (non-hydrogen) atoms. The van der Waals surface area contributed by atoms with E-state index in [9.17, 15) is 0 Å². The van der Waals surface area contributed by atoms with E-state index in [0.717, 1.165) is 6.92 Å². The van der Waals surface area contributed by atoms with Crippen LogP contribution in [0.4, 0.5) is 0 Å². The first-order chi connectivity index (χ1) is 11.5. The zero-order chi connectivity index (χ0) is 17.4. The maximum absolute atomic E-state index is 9.00. The van der Waals surface area contributed by atoms with Crippen LogP contribution in [0.3, 0.4) is 0 Å². The first kappa shape index (κ1) is 17.9. The molecule has 1 unspecified atom stereocenters. The molecule has 122 valence electrons. The van der Waals surface area contributed by atoms with Crippen LogP contribution in [0.5, 0.6) is 0 Å². The van der Waals surface area contributed by atoms with Gasteiger partial charge in [-0.05, 0) is 16.7 Å². The highest BCUT2D eigenvalue weighted by Gasteiger charge is 2.30. The SMILES string of the molecule is CC(=O)O.PC(c1ccccc1)(c1ccccc1)c1ccccc1. The van der Waals surface area contributed by atoms with Gasteiger partial charge in [0, 0.05) is 6.92 Å². The third-order valence-corrected chi connectivity index (χ3v) is 4.69. The monoisotopic (exact) mass is 336 g/mol. The van der Waals surface area contributed by atoms with Crippen molar-refractivity contribution in [2.45, 2.75) is 12.1 Å². The Balaban J connectivity index is 0.000000471. The van der Waals surface area contributed by atoms with Gasteiger partial charge in [0.1, 0.15) is 0 Å². The van der Waals surface area contributed by atoms with Crippen molar-refractivity contribution in [3.05, 3.63) is 108 Å². The van der Waals surface area contributed by atoms with E-state index in [1.165, 1.54) is 16.7 Å². The minimum Gasteiger partial charge on any atom is -0.481 e. The van der Waals surface area contributed by atoms with Gasteiger partial charge in [0.05, 0.1) is 5.16 Å². The Labute approximate surface area is 145 Å². The molecule has 3 aromatic rings. The molecule has 1 N–H and O–H groups in total. The third-order valence-electron chi connectivity index (χ3n) is 3.69. The Bertz CT molecular complexity index is 655. The van der Waals surface area contributed by atoms with Crippen LogP contribution in [0, 0.1) is 0 Å². The molecule has 0 aliphatic rings. The molecule has 0 spiro atoms. The quantitative estimate of drug-likeness (QED) is 0.543. The second kappa shape index (κ2) is 8.42. The van der Waals surface area contributed by atoms with Crippen molar-refractivity contribution in [1.29, 1.82) is 0 Å². The number of aliphatic carboxylic acids is 1. The van der Waals surface area contributed by atoms with Gasteiger partial charge in [-0.25, -0.2) is 0 Å². The zero-order valence-electron chi connectivity index (χ0n) is 13.6. The Hall–Kier alpha value is -2.44. The van der Waals surface area contributed by atoms with Crippen LogP contribution in [0.2, 0.25) is 0 Å². The van der Waals surface area contributed by atoms with E-state index in [0.29, 0.717) is 0 Å². The first-order valence-electron chi connectivity index (χ1n) is 7.70. The third kappa shape index (κ3) is 4.31. The maximum atomic E-state index is 9.00. The van der Waals surface area contributed by atoms with Crippen molar-refractivity contribution in [3.63, 3.8) is 0 Å². The maximum Gasteiger partial charge on any atom is 0.300 e. The lowest BCUT2D eigenvalue weighted by molar-refractivity contribution is -0.134. The van der Waals surface area contributed by atoms with Crippen LogP contribution in [0.25, 0.3) is 0 Å². The highest BCUT2D eigenvalue weighted by atomic mass is 31.0. The van der Waals surface area contributed by atoms with Crippen LogP contribution in [0.15, 0.2) is 91.0 Å². The summed E-state index contributed by atoms with van der Waals surface area (Å²) in [7, 11) is 3.06. The number of carboxylic acids is 1. The number of hydrogen-bond acceptors (Lipinski definition) is 1. The molecule has 0 amide bonds. The van der Waals surface area contributed by atoms with Gasteiger partial charge in [-0.1, -0.05) is 91.0 Å². The highest BCUT2D eigenvalue weighted by Crippen LogP contribution is 2.44. The van der Waals surface area contributed by atoms with Crippen molar-refractivity contribution >= 4 is 15.2 Å². The van der Waals surface area contributed by atoms with Crippen molar-refractivity contribution in [2.24, 2.45) is 0 Å². The van der Waals surface area contributed by atoms with Crippen molar-refractivity contribution in [2.75, 3.05) is 0 Å². The lowest BCUT2D eigenvalue weighted by atomic mass is 9.84. The van der Waals surface area contributed by atoms with Gasteiger partial charge in [-0.3, -0.25) is 4.79 Å². The molecular formula is C21H21O2P. The predicted molar refractivity (Wildman–Crippen MR) is 102 cm³/mol. The highest BCUT2D eigenvalue weighted by molar-refractivity contribution is 7.19. The van der Waals surface area contributed by atoms with Gasteiger partial charge >= 0.3 is 0 Å². The molecule has 0 aliphatic heterocycles. The fourth-order valence-corrected chi connectivity index (χ4v) is 3.18. The Kier molecular flexibility index (Phi) is 6.28. The molecule has 0 radical (unpaired) electrons. The van der Waals surface area contributed by atoms with Gasteiger partial charge in [0.2, 0.25) is 0 Å². The summed E-state index contributed by atoms with van der Waals surface area (Å²) in [6.45, 7) is 1.08. The minimum absolute atomic E-state index is 0.205. The smallest absolute Gasteiger partial charge is 0.300 e. The molecule has 0 saturated heterocycles. The number of carboxylic acid groups (broad SMARTS) is 1. The molecule has 3 rings (SSSR count). The van der Waals surface area contributed by atoms with Crippen LogP contribution in [-0.2, 0) is 9.95 Å². The van der Waals surface area contributed by atoms with E-state index in [1.54, 1.807) is 0 Å². The summed E-state index contributed by atoms with van der Waals surface area (Å²) in [6.07, 6.45) is 0. The summed E-state index contributed by atoms with van der Waals surface area (Å²) in [4.78, 5) is 9.00. The average molecular weight is 336 g/mol. The lowest BCUT2D eigenvalue weighted by Crippen LogP contribution is -2.21. The molecule has 1 atom stereocenters. The fourth-order valence-electron chi connectivity index (χ4n) is 2.60. The Morgan fingerprint density at radius 3 is 1.12 bits per heavy atom. The molecule has 3 aromatic carbocycles. The van der Waals surface area contributed by atoms with Crippen molar-refractivity contribution < 1.29 is 9.90 Å². The van der Waals surface area contributed by atoms with Crippen LogP contribution in [-0.4, -0.2) is 11.1 Å². The summed E-state index contributed by atoms with van der Waals surface area (Å²) in [6, 6.07) is 31.9. The van der Waals surface area contributed by atoms with Crippen LogP contribution in [0.1, 0.15) is 23.6 Å². The van der Waals surface area contributed by atoms with Gasteiger partial charge < -0.3 is 5.11 Å². The van der Waals surface area contributed by atoms with E-state index >= 15 is 0 Å². The van der Waals surface area contributed by atoms with E-state index in [2.05, 4.69) is 100 Å². The molecular weight excluding hydrogens is 315 g/mol. The number of hydrogen-bond donors (Lipinski definition) is 1. The van der Waals surface area contributed by atoms with Gasteiger partial charge in [0.15, 0.2) is 0 Å². The summed E-state index contributed by atoms with van der Waals surface area (Å²) in [5.41, 5.74) is 3.84. The second-order valence-electron chi connectivity index (χ2n) is 5.43. The normalized spacial score (nSPS) is 10.4. The number of rotatable bonds is 3. The van der Waals surface area contributed by atoms with Gasteiger partial charge in [0.25, 0.3) is 5.97 Å². The minimum atomic E-state index is -0.833. The topological polar surface area (TPSA) is 37.3 Å². The van der Waals surface area contributed by atoms with E-state index in [-0.39, 0.29) is 5.16 Å². The molecule has 0 saturated carbocycles. The first-order valence-corrected chi connectivity index (χ1v) is 8.28. The predicted octanol–water partition coefficient (Wildman–Crippen LogP) is 4.94. The average Bonchev–Trinajstić information content (AvgIpc) is 2.63. The largest absolute Gasteiger partial charge is 0.481 e. The summed E-state index contributed by atoms with van der Waals surface area (Å²) < 4.78 is 0. The molecule has 0 aromatic heterocycles. The van der Waals surface area contributed by atoms with E-state index < -0.39 is 5.97 Å². The summed E-state index contributed by atoms with van der Waals surface area (Å²) in [5, 5.41) is 7.21. The molecule has 3 heteroatoms. The van der Waals surface area contributed by atoms with Crippen LogP contribution >= 0.6 is 9.24 Å². The van der Waals surface area contributed by atoms with Crippen molar-refractivity contribution in [3.8, 4) is 0 Å². The van der Waals surface area contributed by atoms with Gasteiger partial charge in [-0.15, -0.1) is 9.24 Å². The zero-order valence-corrected chi connectivity index (χ0v) is 14.7. The Morgan fingerprint density at radius 1 is 0.708 bits per heavy atom. The fraction of sp³-hybridized carbons (Fsp3) is 0.0952. The van der Waals surface area contributed by atoms with E-state index in [1.807, 2.05) is 0 Å². The van der Waals surface area contributed by atoms with Gasteiger partial charge in [-0.2, -0.15) is 0 Å². The Morgan fingerprint density at radius 2 is 0.917 bits per heavy atom. The molecule has 0 fully saturated rings. The summed E-state index contributed by atoms with van der Waals surface area (Å²) in [5.74, 6) is -0.833. The standard InChI is InChI=1S/C19H17P.C2H4O2/c20-19(16-10-4-1-5-11-16,17-12-6-2-7-13-17)18-14-8-3-9-15-18;1-2(3)4/h1-15H,20H2;1H3,(H,3,4). The van der Waals surface area contributed by atoms with E-state index in [4.69, 9.17) is 9.90 Å². The molecule has 0 heterocycles. The molecule has 0 aliphatic carbocycles. The lowest BCUT2D eigenvalue weighted by Gasteiger charge is -2.31. The number of benzene rings is 3. The molecule has 0 bridgehead atoms. The summed E-state index contributed by atoms with van der Waals surface area (Å²) >= 11 is 0. The number of carbonyl (C=O) groups is 1. The van der Waals surface area contributed by atoms with Crippen molar-refractivity contribution in [1.82, 2.24) is 0 Å². The molecule has 2 nitrogen and oxygen atoms in total.